The van der Waals surface area contributed by atoms with Gasteiger partial charge in [0.05, 0.1) is 0 Å². The molecule has 0 saturated heterocycles. The third-order valence-electron chi connectivity index (χ3n) is 3.95. The molecule has 0 radical (unpaired) electrons. The summed E-state index contributed by atoms with van der Waals surface area (Å²) in [5.41, 5.74) is 0.584. The van der Waals surface area contributed by atoms with Crippen LogP contribution >= 0.6 is 0 Å². The summed E-state index contributed by atoms with van der Waals surface area (Å²) in [5.74, 6) is 3.03. The van der Waals surface area contributed by atoms with Crippen LogP contribution in [-0.2, 0) is 0 Å². The third kappa shape index (κ3) is 9.68. The molecule has 0 aromatic carbocycles. The van der Waals surface area contributed by atoms with E-state index in [0.29, 0.717) is 5.41 Å². The van der Waals surface area contributed by atoms with Gasteiger partial charge in [-0.3, -0.25) is 0 Å². The SMILES string of the molecule is CC.CCC(C)CC.CCC1CC1C(C)(C)C. The van der Waals surface area contributed by atoms with Gasteiger partial charge in [-0.1, -0.05) is 81.6 Å². The minimum absolute atomic E-state index is 0.584. The molecule has 0 aliphatic heterocycles. The van der Waals surface area contributed by atoms with Gasteiger partial charge in [-0.05, 0) is 29.6 Å². The Kier molecular flexibility index (Phi) is 11.3. The van der Waals surface area contributed by atoms with Crippen molar-refractivity contribution in [1.29, 1.82) is 0 Å². The Balaban J connectivity index is 0. The maximum atomic E-state index is 2.35. The Morgan fingerprint density at radius 1 is 1.00 bits per heavy atom. The lowest BCUT2D eigenvalue weighted by Gasteiger charge is -2.17. The Hall–Kier alpha value is 0. The summed E-state index contributed by atoms with van der Waals surface area (Å²) in [4.78, 5) is 0. The van der Waals surface area contributed by atoms with Crippen molar-refractivity contribution in [1.82, 2.24) is 0 Å². The van der Waals surface area contributed by atoms with Crippen LogP contribution in [0.4, 0.5) is 0 Å². The highest BCUT2D eigenvalue weighted by Crippen LogP contribution is 2.52. The number of rotatable bonds is 3. The van der Waals surface area contributed by atoms with E-state index in [-0.39, 0.29) is 0 Å². The molecular formula is C17H38. The van der Waals surface area contributed by atoms with Gasteiger partial charge in [0.2, 0.25) is 0 Å². The van der Waals surface area contributed by atoms with E-state index < -0.39 is 0 Å². The third-order valence-corrected chi connectivity index (χ3v) is 3.95. The topological polar surface area (TPSA) is 0 Å². The van der Waals surface area contributed by atoms with E-state index >= 15 is 0 Å². The zero-order valence-corrected chi connectivity index (χ0v) is 14.1. The smallest absolute Gasteiger partial charge is 0.0334 e. The summed E-state index contributed by atoms with van der Waals surface area (Å²) < 4.78 is 0. The average molecular weight is 242 g/mol. The fraction of sp³-hybridized carbons (Fsp3) is 1.00. The summed E-state index contributed by atoms with van der Waals surface area (Å²) in [6.45, 7) is 20.1. The van der Waals surface area contributed by atoms with E-state index in [0.717, 1.165) is 17.8 Å². The highest BCUT2D eigenvalue weighted by atomic mass is 14.5. The normalized spacial score (nSPS) is 22.2. The van der Waals surface area contributed by atoms with Gasteiger partial charge in [0.25, 0.3) is 0 Å². The molecule has 1 aliphatic rings. The molecule has 0 heteroatoms. The zero-order valence-electron chi connectivity index (χ0n) is 14.1. The van der Waals surface area contributed by atoms with E-state index in [1.54, 1.807) is 0 Å². The lowest BCUT2D eigenvalue weighted by Crippen LogP contribution is -2.08. The largest absolute Gasteiger partial charge is 0.0683 e. The number of hydrogen-bond donors (Lipinski definition) is 0. The predicted octanol–water partition coefficient (Wildman–Crippen LogP) is 6.55. The van der Waals surface area contributed by atoms with Crippen LogP contribution in [0.3, 0.4) is 0 Å². The molecule has 1 saturated carbocycles. The highest BCUT2D eigenvalue weighted by molar-refractivity contribution is 4.92. The minimum Gasteiger partial charge on any atom is -0.0683 e. The summed E-state index contributed by atoms with van der Waals surface area (Å²) in [5, 5.41) is 0. The second-order valence-corrected chi connectivity index (χ2v) is 6.30. The standard InChI is InChI=1S/C9H18.C6H14.C2H6/c1-5-7-6-8(7)9(2,3)4;1-4-6(3)5-2;1-2/h7-8H,5-6H2,1-4H3;6H,4-5H2,1-3H3;1-2H3. The summed E-state index contributed by atoms with van der Waals surface area (Å²) in [6, 6.07) is 0. The van der Waals surface area contributed by atoms with Crippen molar-refractivity contribution in [2.45, 2.75) is 88.0 Å². The van der Waals surface area contributed by atoms with Crippen LogP contribution in [0.2, 0.25) is 0 Å². The Bertz CT molecular complexity index is 148. The molecular weight excluding hydrogens is 204 g/mol. The summed E-state index contributed by atoms with van der Waals surface area (Å²) >= 11 is 0. The first-order valence-corrected chi connectivity index (χ1v) is 7.86. The van der Waals surface area contributed by atoms with Gasteiger partial charge in [-0.25, -0.2) is 0 Å². The van der Waals surface area contributed by atoms with Crippen molar-refractivity contribution in [3.05, 3.63) is 0 Å². The van der Waals surface area contributed by atoms with Crippen molar-refractivity contribution >= 4 is 0 Å². The Morgan fingerprint density at radius 2 is 1.41 bits per heavy atom. The maximum Gasteiger partial charge on any atom is -0.0334 e. The molecule has 2 unspecified atom stereocenters. The quantitative estimate of drug-likeness (QED) is 0.526. The fourth-order valence-electron chi connectivity index (χ4n) is 2.05. The molecule has 0 heterocycles. The van der Waals surface area contributed by atoms with Crippen LogP contribution in [0.5, 0.6) is 0 Å². The van der Waals surface area contributed by atoms with Gasteiger partial charge in [-0.15, -0.1) is 0 Å². The molecule has 0 aromatic heterocycles. The molecule has 1 aliphatic carbocycles. The maximum absolute atomic E-state index is 2.35. The lowest BCUT2D eigenvalue weighted by atomic mass is 9.88. The second-order valence-electron chi connectivity index (χ2n) is 6.30. The van der Waals surface area contributed by atoms with Gasteiger partial charge in [0.1, 0.15) is 0 Å². The first-order chi connectivity index (χ1) is 7.86. The van der Waals surface area contributed by atoms with Crippen LogP contribution in [0.25, 0.3) is 0 Å². The molecule has 0 aromatic rings. The molecule has 17 heavy (non-hydrogen) atoms. The molecule has 0 N–H and O–H groups in total. The van der Waals surface area contributed by atoms with Crippen molar-refractivity contribution in [3.8, 4) is 0 Å². The average Bonchev–Trinajstić information content (AvgIpc) is 3.10. The second kappa shape index (κ2) is 9.97. The summed E-state index contributed by atoms with van der Waals surface area (Å²) in [7, 11) is 0. The summed E-state index contributed by atoms with van der Waals surface area (Å²) in [6.07, 6.45) is 5.54. The van der Waals surface area contributed by atoms with Gasteiger partial charge in [0.15, 0.2) is 0 Å². The molecule has 1 rings (SSSR count). The monoisotopic (exact) mass is 242 g/mol. The first kappa shape index (κ1) is 19.3. The van der Waals surface area contributed by atoms with Crippen LogP contribution in [-0.4, -0.2) is 0 Å². The van der Waals surface area contributed by atoms with Gasteiger partial charge >= 0.3 is 0 Å². The molecule has 0 nitrogen and oxygen atoms in total. The zero-order chi connectivity index (χ0) is 14.1. The lowest BCUT2D eigenvalue weighted by molar-refractivity contribution is 0.328. The van der Waals surface area contributed by atoms with Crippen molar-refractivity contribution < 1.29 is 0 Å². The first-order valence-electron chi connectivity index (χ1n) is 7.86. The number of hydrogen-bond acceptors (Lipinski definition) is 0. The molecule has 0 spiro atoms. The predicted molar refractivity (Wildman–Crippen MR) is 82.4 cm³/mol. The fourth-order valence-corrected chi connectivity index (χ4v) is 2.05. The van der Waals surface area contributed by atoms with Crippen LogP contribution in [0.1, 0.15) is 88.0 Å². The van der Waals surface area contributed by atoms with Crippen molar-refractivity contribution in [2.24, 2.45) is 23.2 Å². The minimum atomic E-state index is 0.584. The van der Waals surface area contributed by atoms with Crippen molar-refractivity contribution in [2.75, 3.05) is 0 Å². The van der Waals surface area contributed by atoms with E-state index in [9.17, 15) is 0 Å². The van der Waals surface area contributed by atoms with Crippen LogP contribution < -0.4 is 0 Å². The molecule has 0 amide bonds. The molecule has 0 bridgehead atoms. The van der Waals surface area contributed by atoms with E-state index in [1.807, 2.05) is 13.8 Å². The van der Waals surface area contributed by atoms with Crippen LogP contribution in [0, 0.1) is 23.2 Å². The molecule has 1 fully saturated rings. The van der Waals surface area contributed by atoms with E-state index in [2.05, 4.69) is 48.5 Å². The van der Waals surface area contributed by atoms with Crippen LogP contribution in [0.15, 0.2) is 0 Å². The van der Waals surface area contributed by atoms with Crippen molar-refractivity contribution in [3.63, 3.8) is 0 Å². The Morgan fingerprint density at radius 3 is 1.47 bits per heavy atom. The highest BCUT2D eigenvalue weighted by Gasteiger charge is 2.43. The van der Waals surface area contributed by atoms with E-state index in [1.165, 1.54) is 25.7 Å². The molecule has 2 atom stereocenters. The van der Waals surface area contributed by atoms with Gasteiger partial charge in [0, 0.05) is 0 Å². The van der Waals surface area contributed by atoms with Gasteiger partial charge in [-0.2, -0.15) is 0 Å². The molecule has 106 valence electrons. The van der Waals surface area contributed by atoms with Gasteiger partial charge < -0.3 is 0 Å². The Labute approximate surface area is 112 Å². The van der Waals surface area contributed by atoms with E-state index in [4.69, 9.17) is 0 Å².